The molecule has 2 N–H and O–H groups in total. The molecule has 2 aliphatic heterocycles. The minimum atomic E-state index is -0.138. The maximum atomic E-state index is 12.8. The molecule has 1 aromatic heterocycles. The van der Waals surface area contributed by atoms with E-state index in [-0.39, 0.29) is 23.8 Å². The van der Waals surface area contributed by atoms with Crippen molar-refractivity contribution in [2.24, 2.45) is 5.92 Å². The lowest BCUT2D eigenvalue weighted by molar-refractivity contribution is -0.132. The fourth-order valence-corrected chi connectivity index (χ4v) is 4.94. The van der Waals surface area contributed by atoms with Crippen LogP contribution in [0.4, 0.5) is 5.69 Å². The molecular weight excluding hydrogens is 398 g/mol. The minimum absolute atomic E-state index is 0.0247. The van der Waals surface area contributed by atoms with Crippen LogP contribution < -0.4 is 5.32 Å². The quantitative estimate of drug-likeness (QED) is 0.711. The first kappa shape index (κ1) is 20.8. The van der Waals surface area contributed by atoms with Gasteiger partial charge >= 0.3 is 0 Å². The molecule has 2 aliphatic rings. The van der Waals surface area contributed by atoms with Crippen molar-refractivity contribution in [1.29, 1.82) is 0 Å². The second-order valence-electron chi connectivity index (χ2n) is 8.59. The van der Waals surface area contributed by atoms with Gasteiger partial charge in [-0.2, -0.15) is 5.10 Å². The predicted octanol–water partition coefficient (Wildman–Crippen LogP) is 3.82. The standard InChI is InChI=1S/C22H29N5O2S/c1-14(2)27-20(24-25-22(27)30)15-9-11-26(12-10-15)19(28)8-7-17-13-16-5-3-4-6-18(16)23-21(17)29/h3-6,14-15,17H,7-13H2,1-2H3,(H,23,29)(H,25,30). The fraction of sp³-hybridized carbons (Fsp3) is 0.545. The lowest BCUT2D eigenvalue weighted by atomic mass is 9.89. The summed E-state index contributed by atoms with van der Waals surface area (Å²) in [6, 6.07) is 8.14. The number of aromatic nitrogens is 3. The molecule has 30 heavy (non-hydrogen) atoms. The number of hydrogen-bond donors (Lipinski definition) is 2. The molecule has 0 bridgehead atoms. The number of carbonyl (C=O) groups excluding carboxylic acids is 2. The van der Waals surface area contributed by atoms with Crippen LogP contribution in [0.3, 0.4) is 0 Å². The van der Waals surface area contributed by atoms with Crippen molar-refractivity contribution in [2.45, 2.75) is 57.9 Å². The third-order valence-electron chi connectivity index (χ3n) is 6.28. The molecule has 4 rings (SSSR count). The summed E-state index contributed by atoms with van der Waals surface area (Å²) in [7, 11) is 0. The van der Waals surface area contributed by atoms with Crippen LogP contribution >= 0.6 is 12.2 Å². The average molecular weight is 428 g/mol. The van der Waals surface area contributed by atoms with Gasteiger partial charge in [0.1, 0.15) is 5.82 Å². The van der Waals surface area contributed by atoms with Crippen LogP contribution in [-0.2, 0) is 16.0 Å². The number of hydrogen-bond acceptors (Lipinski definition) is 4. The van der Waals surface area contributed by atoms with E-state index in [9.17, 15) is 9.59 Å². The number of aromatic amines is 1. The molecule has 1 saturated heterocycles. The zero-order valence-corrected chi connectivity index (χ0v) is 18.4. The number of piperidine rings is 1. The summed E-state index contributed by atoms with van der Waals surface area (Å²) in [5.41, 5.74) is 2.04. The van der Waals surface area contributed by atoms with E-state index in [2.05, 4.69) is 33.9 Å². The number of benzene rings is 1. The molecule has 8 heteroatoms. The van der Waals surface area contributed by atoms with Crippen LogP contribution in [0, 0.1) is 10.7 Å². The topological polar surface area (TPSA) is 83.0 Å². The van der Waals surface area contributed by atoms with Crippen molar-refractivity contribution in [3.8, 4) is 0 Å². The highest BCUT2D eigenvalue weighted by molar-refractivity contribution is 7.71. The normalized spacial score (nSPS) is 19.6. The zero-order valence-electron chi connectivity index (χ0n) is 17.6. The number of likely N-dealkylation sites (tertiary alicyclic amines) is 1. The first-order valence-corrected chi connectivity index (χ1v) is 11.2. The molecule has 1 unspecified atom stereocenters. The van der Waals surface area contributed by atoms with Crippen molar-refractivity contribution < 1.29 is 9.59 Å². The molecule has 160 valence electrons. The lowest BCUT2D eigenvalue weighted by Crippen LogP contribution is -2.39. The highest BCUT2D eigenvalue weighted by Gasteiger charge is 2.30. The van der Waals surface area contributed by atoms with Gasteiger partial charge in [-0.15, -0.1) is 0 Å². The van der Waals surface area contributed by atoms with Crippen LogP contribution in [0.1, 0.15) is 62.9 Å². The van der Waals surface area contributed by atoms with Crippen LogP contribution in [0.25, 0.3) is 0 Å². The highest BCUT2D eigenvalue weighted by Crippen LogP contribution is 2.30. The lowest BCUT2D eigenvalue weighted by Gasteiger charge is -2.32. The van der Waals surface area contributed by atoms with E-state index >= 15 is 0 Å². The van der Waals surface area contributed by atoms with Gasteiger partial charge in [-0.05, 0) is 63.4 Å². The Morgan fingerprint density at radius 2 is 2.00 bits per heavy atom. The Morgan fingerprint density at radius 3 is 2.73 bits per heavy atom. The maximum Gasteiger partial charge on any atom is 0.227 e. The van der Waals surface area contributed by atoms with Crippen LogP contribution in [0.5, 0.6) is 0 Å². The van der Waals surface area contributed by atoms with Crippen molar-refractivity contribution in [2.75, 3.05) is 18.4 Å². The van der Waals surface area contributed by atoms with Crippen molar-refractivity contribution in [1.82, 2.24) is 19.7 Å². The third kappa shape index (κ3) is 4.19. The Hall–Kier alpha value is -2.48. The molecule has 1 fully saturated rings. The van der Waals surface area contributed by atoms with E-state index in [4.69, 9.17) is 12.2 Å². The second-order valence-corrected chi connectivity index (χ2v) is 8.98. The van der Waals surface area contributed by atoms with Gasteiger partial charge in [-0.3, -0.25) is 14.7 Å². The number of anilines is 1. The van der Waals surface area contributed by atoms with Crippen LogP contribution in [0.2, 0.25) is 0 Å². The van der Waals surface area contributed by atoms with E-state index in [1.165, 1.54) is 0 Å². The summed E-state index contributed by atoms with van der Waals surface area (Å²) in [6.07, 6.45) is 3.47. The third-order valence-corrected chi connectivity index (χ3v) is 6.57. The summed E-state index contributed by atoms with van der Waals surface area (Å²) in [6.45, 7) is 5.66. The molecule has 2 amide bonds. The Kier molecular flexibility index (Phi) is 6.04. The average Bonchev–Trinajstić information content (AvgIpc) is 3.13. The number of rotatable bonds is 5. The minimum Gasteiger partial charge on any atom is -0.343 e. The van der Waals surface area contributed by atoms with Gasteiger partial charge in [0.05, 0.1) is 0 Å². The van der Waals surface area contributed by atoms with Gasteiger partial charge in [0.25, 0.3) is 0 Å². The van der Waals surface area contributed by atoms with Gasteiger partial charge in [-0.25, -0.2) is 0 Å². The number of fused-ring (bicyclic) bond motifs is 1. The fourth-order valence-electron chi connectivity index (χ4n) is 4.59. The van der Waals surface area contributed by atoms with E-state index in [1.54, 1.807) is 0 Å². The van der Waals surface area contributed by atoms with Gasteiger partial charge in [0.2, 0.25) is 11.8 Å². The van der Waals surface area contributed by atoms with E-state index in [0.29, 0.717) is 30.0 Å². The molecule has 2 aromatic rings. The predicted molar refractivity (Wildman–Crippen MR) is 118 cm³/mol. The first-order valence-electron chi connectivity index (χ1n) is 10.8. The number of nitrogens with zero attached hydrogens (tertiary/aromatic N) is 3. The summed E-state index contributed by atoms with van der Waals surface area (Å²) in [5.74, 6) is 1.34. The molecule has 0 spiro atoms. The molecule has 7 nitrogen and oxygen atoms in total. The number of carbonyl (C=O) groups is 2. The highest BCUT2D eigenvalue weighted by atomic mass is 32.1. The summed E-state index contributed by atoms with van der Waals surface area (Å²) < 4.78 is 2.74. The monoisotopic (exact) mass is 427 g/mol. The zero-order chi connectivity index (χ0) is 21.3. The van der Waals surface area contributed by atoms with Gasteiger partial charge in [0.15, 0.2) is 4.77 Å². The van der Waals surface area contributed by atoms with Gasteiger partial charge in [0, 0.05) is 43.1 Å². The van der Waals surface area contributed by atoms with Gasteiger partial charge in [-0.1, -0.05) is 18.2 Å². The smallest absolute Gasteiger partial charge is 0.227 e. The SMILES string of the molecule is CC(C)n1c(C2CCN(C(=O)CCC3Cc4ccccc4NC3=O)CC2)n[nH]c1=S. The number of amides is 2. The Bertz CT molecular complexity index is 987. The van der Waals surface area contributed by atoms with E-state index in [0.717, 1.165) is 43.0 Å². The summed E-state index contributed by atoms with van der Waals surface area (Å²) in [5, 5.41) is 10.3. The summed E-state index contributed by atoms with van der Waals surface area (Å²) >= 11 is 5.36. The van der Waals surface area contributed by atoms with Crippen LogP contribution in [-0.4, -0.2) is 44.6 Å². The molecular formula is C22H29N5O2S. The van der Waals surface area contributed by atoms with Crippen LogP contribution in [0.15, 0.2) is 24.3 Å². The largest absolute Gasteiger partial charge is 0.343 e. The molecule has 1 atom stereocenters. The Labute approximate surface area is 181 Å². The molecule has 1 aromatic carbocycles. The maximum absolute atomic E-state index is 12.8. The molecule has 0 radical (unpaired) electrons. The summed E-state index contributed by atoms with van der Waals surface area (Å²) in [4.78, 5) is 27.1. The van der Waals surface area contributed by atoms with Crippen molar-refractivity contribution >= 4 is 29.7 Å². The van der Waals surface area contributed by atoms with E-state index < -0.39 is 0 Å². The van der Waals surface area contributed by atoms with Gasteiger partial charge < -0.3 is 14.8 Å². The van der Waals surface area contributed by atoms with Crippen molar-refractivity contribution in [3.63, 3.8) is 0 Å². The first-order chi connectivity index (χ1) is 14.4. The Morgan fingerprint density at radius 1 is 1.27 bits per heavy atom. The number of nitrogens with one attached hydrogen (secondary N) is 2. The Balaban J connectivity index is 1.30. The molecule has 0 aliphatic carbocycles. The molecule has 0 saturated carbocycles. The number of para-hydroxylation sites is 1. The van der Waals surface area contributed by atoms with E-state index in [1.807, 2.05) is 29.2 Å². The molecule has 3 heterocycles. The second kappa shape index (κ2) is 8.71. The van der Waals surface area contributed by atoms with Crippen molar-refractivity contribution in [3.05, 3.63) is 40.4 Å². The number of H-pyrrole nitrogens is 1.